The molecular formula is C9H14O. The zero-order valence-electron chi connectivity index (χ0n) is 6.43. The normalized spacial score (nSPS) is 39.5. The van der Waals surface area contributed by atoms with Gasteiger partial charge in [-0.05, 0) is 25.2 Å². The van der Waals surface area contributed by atoms with Crippen molar-refractivity contribution in [1.82, 2.24) is 0 Å². The molecule has 1 saturated carbocycles. The van der Waals surface area contributed by atoms with E-state index in [4.69, 9.17) is 6.42 Å². The molecule has 0 aliphatic heterocycles. The Morgan fingerprint density at radius 1 is 1.80 bits per heavy atom. The average Bonchev–Trinajstić information content (AvgIpc) is 2.12. The van der Waals surface area contributed by atoms with E-state index in [1.807, 2.05) is 0 Å². The van der Waals surface area contributed by atoms with Crippen molar-refractivity contribution in [2.45, 2.75) is 38.2 Å². The maximum absolute atomic E-state index is 9.72. The number of hydrogen-bond acceptors (Lipinski definition) is 1. The number of rotatable bonds is 1. The fourth-order valence-corrected chi connectivity index (χ4v) is 1.72. The van der Waals surface area contributed by atoms with Gasteiger partial charge in [-0.1, -0.05) is 6.92 Å². The van der Waals surface area contributed by atoms with Crippen LogP contribution in [0.2, 0.25) is 0 Å². The van der Waals surface area contributed by atoms with Gasteiger partial charge in [0.2, 0.25) is 0 Å². The minimum absolute atomic E-state index is 0.520. The van der Waals surface area contributed by atoms with Gasteiger partial charge in [-0.15, -0.1) is 12.3 Å². The van der Waals surface area contributed by atoms with Crippen molar-refractivity contribution in [2.24, 2.45) is 5.92 Å². The summed E-state index contributed by atoms with van der Waals surface area (Å²) in [7, 11) is 0. The van der Waals surface area contributed by atoms with Gasteiger partial charge in [0.1, 0.15) is 0 Å². The Bertz CT molecular complexity index is 157. The highest BCUT2D eigenvalue weighted by molar-refractivity contribution is 4.98. The minimum Gasteiger partial charge on any atom is -0.389 e. The van der Waals surface area contributed by atoms with Crippen LogP contribution in [0.5, 0.6) is 0 Å². The van der Waals surface area contributed by atoms with Crippen LogP contribution in [0.3, 0.4) is 0 Å². The number of terminal acetylenes is 1. The van der Waals surface area contributed by atoms with E-state index in [0.717, 1.165) is 19.3 Å². The van der Waals surface area contributed by atoms with E-state index in [-0.39, 0.29) is 0 Å². The van der Waals surface area contributed by atoms with Gasteiger partial charge in [-0.25, -0.2) is 0 Å². The van der Waals surface area contributed by atoms with Gasteiger partial charge in [0.05, 0.1) is 5.60 Å². The van der Waals surface area contributed by atoms with E-state index in [1.165, 1.54) is 0 Å². The van der Waals surface area contributed by atoms with Crippen molar-refractivity contribution in [3.05, 3.63) is 0 Å². The second-order valence-electron chi connectivity index (χ2n) is 3.45. The Balaban J connectivity index is 2.48. The van der Waals surface area contributed by atoms with Crippen LogP contribution in [0.25, 0.3) is 0 Å². The summed E-state index contributed by atoms with van der Waals surface area (Å²) in [5.41, 5.74) is -0.520. The van der Waals surface area contributed by atoms with Crippen LogP contribution in [-0.4, -0.2) is 10.7 Å². The van der Waals surface area contributed by atoms with Crippen LogP contribution in [-0.2, 0) is 0 Å². The Hall–Kier alpha value is -0.480. The summed E-state index contributed by atoms with van der Waals surface area (Å²) in [4.78, 5) is 0. The molecule has 0 spiro atoms. The fraction of sp³-hybridized carbons (Fsp3) is 0.778. The molecule has 1 rings (SSSR count). The first-order chi connectivity index (χ1) is 4.66. The van der Waals surface area contributed by atoms with Gasteiger partial charge < -0.3 is 5.11 Å². The summed E-state index contributed by atoms with van der Waals surface area (Å²) in [6.45, 7) is 2.16. The van der Waals surface area contributed by atoms with Crippen LogP contribution in [0.4, 0.5) is 0 Å². The lowest BCUT2D eigenvalue weighted by atomic mass is 9.97. The molecule has 0 amide bonds. The molecule has 1 heteroatoms. The molecule has 2 atom stereocenters. The topological polar surface area (TPSA) is 20.2 Å². The van der Waals surface area contributed by atoms with Crippen molar-refractivity contribution in [3.63, 3.8) is 0 Å². The summed E-state index contributed by atoms with van der Waals surface area (Å²) in [5.74, 6) is 3.17. The lowest BCUT2D eigenvalue weighted by Crippen LogP contribution is -2.23. The van der Waals surface area contributed by atoms with Crippen molar-refractivity contribution in [1.29, 1.82) is 0 Å². The summed E-state index contributed by atoms with van der Waals surface area (Å²) in [6.07, 6.45) is 8.55. The fourth-order valence-electron chi connectivity index (χ4n) is 1.72. The first-order valence-corrected chi connectivity index (χ1v) is 3.82. The van der Waals surface area contributed by atoms with Crippen molar-refractivity contribution in [2.75, 3.05) is 0 Å². The predicted octanol–water partition coefficient (Wildman–Crippen LogP) is 1.56. The van der Waals surface area contributed by atoms with E-state index >= 15 is 0 Å². The monoisotopic (exact) mass is 138 g/mol. The van der Waals surface area contributed by atoms with E-state index in [2.05, 4.69) is 12.8 Å². The third-order valence-electron chi connectivity index (χ3n) is 2.26. The molecule has 0 aromatic heterocycles. The third kappa shape index (κ3) is 1.52. The smallest absolute Gasteiger partial charge is 0.0759 e. The average molecular weight is 138 g/mol. The van der Waals surface area contributed by atoms with Gasteiger partial charge >= 0.3 is 0 Å². The van der Waals surface area contributed by atoms with Gasteiger partial charge in [0.25, 0.3) is 0 Å². The van der Waals surface area contributed by atoms with E-state index in [0.29, 0.717) is 12.3 Å². The van der Waals surface area contributed by atoms with E-state index in [1.54, 1.807) is 0 Å². The molecule has 10 heavy (non-hydrogen) atoms. The maximum Gasteiger partial charge on any atom is 0.0759 e. The number of aliphatic hydroxyl groups is 1. The Morgan fingerprint density at radius 3 is 2.90 bits per heavy atom. The molecule has 1 nitrogen and oxygen atoms in total. The first kappa shape index (κ1) is 7.63. The Kier molecular flexibility index (Phi) is 2.01. The lowest BCUT2D eigenvalue weighted by molar-refractivity contribution is 0.0496. The molecule has 0 heterocycles. The maximum atomic E-state index is 9.72. The SMILES string of the molecule is C#CCC1(O)CCC(C)C1. The molecule has 0 aromatic rings. The van der Waals surface area contributed by atoms with Gasteiger partial charge in [-0.2, -0.15) is 0 Å². The molecule has 0 aromatic carbocycles. The van der Waals surface area contributed by atoms with Crippen LogP contribution in [0.1, 0.15) is 32.6 Å². The van der Waals surface area contributed by atoms with Gasteiger partial charge in [-0.3, -0.25) is 0 Å². The Morgan fingerprint density at radius 2 is 2.50 bits per heavy atom. The largest absolute Gasteiger partial charge is 0.389 e. The highest BCUT2D eigenvalue weighted by atomic mass is 16.3. The van der Waals surface area contributed by atoms with Crippen LogP contribution in [0, 0.1) is 18.3 Å². The van der Waals surface area contributed by atoms with Crippen LogP contribution >= 0.6 is 0 Å². The number of hydrogen-bond donors (Lipinski definition) is 1. The summed E-state index contributed by atoms with van der Waals surface area (Å²) in [6, 6.07) is 0. The van der Waals surface area contributed by atoms with E-state index in [9.17, 15) is 5.11 Å². The summed E-state index contributed by atoms with van der Waals surface area (Å²) in [5, 5.41) is 9.72. The van der Waals surface area contributed by atoms with Gasteiger partial charge in [0.15, 0.2) is 0 Å². The zero-order valence-corrected chi connectivity index (χ0v) is 6.43. The summed E-state index contributed by atoms with van der Waals surface area (Å²) < 4.78 is 0. The molecule has 56 valence electrons. The molecular weight excluding hydrogens is 124 g/mol. The zero-order chi connectivity index (χ0) is 7.61. The molecule has 0 saturated heterocycles. The molecule has 1 N–H and O–H groups in total. The third-order valence-corrected chi connectivity index (χ3v) is 2.26. The molecule has 1 aliphatic carbocycles. The molecule has 0 radical (unpaired) electrons. The molecule has 1 aliphatic rings. The van der Waals surface area contributed by atoms with E-state index < -0.39 is 5.60 Å². The second kappa shape index (κ2) is 2.64. The standard InChI is InChI=1S/C9H14O/c1-3-5-9(10)6-4-8(2)7-9/h1,8,10H,4-7H2,2H3. The molecule has 1 fully saturated rings. The lowest BCUT2D eigenvalue weighted by Gasteiger charge is -2.18. The van der Waals surface area contributed by atoms with Crippen LogP contribution < -0.4 is 0 Å². The minimum atomic E-state index is -0.520. The van der Waals surface area contributed by atoms with Crippen molar-refractivity contribution < 1.29 is 5.11 Å². The van der Waals surface area contributed by atoms with Gasteiger partial charge in [0, 0.05) is 6.42 Å². The molecule has 2 unspecified atom stereocenters. The summed E-state index contributed by atoms with van der Waals surface area (Å²) >= 11 is 0. The predicted molar refractivity (Wildman–Crippen MR) is 41.4 cm³/mol. The van der Waals surface area contributed by atoms with Crippen LogP contribution in [0.15, 0.2) is 0 Å². The quantitative estimate of drug-likeness (QED) is 0.545. The highest BCUT2D eigenvalue weighted by Crippen LogP contribution is 2.35. The highest BCUT2D eigenvalue weighted by Gasteiger charge is 2.34. The van der Waals surface area contributed by atoms with Crippen molar-refractivity contribution in [3.8, 4) is 12.3 Å². The molecule has 0 bridgehead atoms. The van der Waals surface area contributed by atoms with Crippen molar-refractivity contribution >= 4 is 0 Å². The second-order valence-corrected chi connectivity index (χ2v) is 3.45. The first-order valence-electron chi connectivity index (χ1n) is 3.82. The Labute approximate surface area is 62.4 Å².